The first-order valence-corrected chi connectivity index (χ1v) is 10.8. The summed E-state index contributed by atoms with van der Waals surface area (Å²) in [5, 5.41) is 22.6. The van der Waals surface area contributed by atoms with E-state index in [4.69, 9.17) is 16.2 Å². The van der Waals surface area contributed by atoms with E-state index in [1.807, 2.05) is 0 Å². The summed E-state index contributed by atoms with van der Waals surface area (Å²) in [7, 11) is -3.96. The number of aliphatic hydroxyl groups is 2. The molecule has 0 radical (unpaired) electrons. The molecule has 12 nitrogen and oxygen atoms in total. The Morgan fingerprint density at radius 1 is 1.34 bits per heavy atom. The number of hydrogen-bond acceptors (Lipinski definition) is 10. The lowest BCUT2D eigenvalue weighted by Gasteiger charge is -2.27. The molecule has 170 valence electrons. The molecule has 1 aromatic carbocycles. The molecular weight excluding hydrogens is 445 g/mol. The number of anilines is 2. The fourth-order valence-electron chi connectivity index (χ4n) is 3.33. The second-order valence-corrected chi connectivity index (χ2v) is 8.84. The summed E-state index contributed by atoms with van der Waals surface area (Å²) in [5.74, 6) is -0.441. The molecule has 0 saturated carbocycles. The van der Waals surface area contributed by atoms with Gasteiger partial charge in [-0.05, 0) is 29.8 Å². The fourth-order valence-corrected chi connectivity index (χ4v) is 4.15. The van der Waals surface area contributed by atoms with Crippen LogP contribution in [0.5, 0.6) is 0 Å². The molecule has 1 aliphatic rings. The van der Waals surface area contributed by atoms with Crippen molar-refractivity contribution in [1.82, 2.24) is 24.2 Å². The Bertz CT molecular complexity index is 1300. The van der Waals surface area contributed by atoms with Gasteiger partial charge in [-0.1, -0.05) is 0 Å². The number of halogens is 1. The molecule has 0 amide bonds. The first kappa shape index (κ1) is 22.0. The van der Waals surface area contributed by atoms with E-state index in [-0.39, 0.29) is 35.8 Å². The highest BCUT2D eigenvalue weighted by Crippen LogP contribution is 2.32. The highest BCUT2D eigenvalue weighted by molar-refractivity contribution is 7.92. The van der Waals surface area contributed by atoms with Crippen molar-refractivity contribution in [2.75, 3.05) is 24.6 Å². The standard InChI is InChI=1S/C18H20FN7O5S/c19-11-2-1-10(12(20)5-11)3-4-32(29,30)25-6-13-15(27)18(28,7-31-13)26-9-24-14-16(21)22-8-23-17(14)26/h1-5,8-9,13,15,25,27-28H,6-7,20H2,(H2,21,22,23)/b4-3+/t13-,15-,18-/m1/s1. The number of aliphatic hydroxyl groups excluding tert-OH is 1. The monoisotopic (exact) mass is 465 g/mol. The maximum absolute atomic E-state index is 13.1. The van der Waals surface area contributed by atoms with Gasteiger partial charge in [0.2, 0.25) is 10.0 Å². The van der Waals surface area contributed by atoms with Crippen molar-refractivity contribution in [2.24, 2.45) is 0 Å². The number of fused-ring (bicyclic) bond motifs is 1. The van der Waals surface area contributed by atoms with Gasteiger partial charge in [0.05, 0.1) is 12.9 Å². The number of nitrogens with two attached hydrogens (primary N) is 2. The van der Waals surface area contributed by atoms with E-state index in [1.165, 1.54) is 29.4 Å². The van der Waals surface area contributed by atoms with Crippen LogP contribution in [0.4, 0.5) is 15.9 Å². The van der Waals surface area contributed by atoms with E-state index in [0.29, 0.717) is 5.56 Å². The zero-order valence-corrected chi connectivity index (χ0v) is 17.3. The Morgan fingerprint density at radius 2 is 2.12 bits per heavy atom. The third-order valence-corrected chi connectivity index (χ3v) is 6.14. The number of ether oxygens (including phenoxy) is 1. The average molecular weight is 465 g/mol. The lowest BCUT2D eigenvalue weighted by atomic mass is 10.1. The lowest BCUT2D eigenvalue weighted by molar-refractivity contribution is -0.107. The molecule has 3 heterocycles. The SMILES string of the molecule is Nc1cc(F)ccc1/C=C/S(=O)(=O)NC[C@H]1OC[C@](O)(n2cnc3c(N)ncnc32)[C@@H]1O. The summed E-state index contributed by atoms with van der Waals surface area (Å²) in [4.78, 5) is 11.9. The average Bonchev–Trinajstić information content (AvgIpc) is 3.30. The van der Waals surface area contributed by atoms with Gasteiger partial charge < -0.3 is 26.4 Å². The fraction of sp³-hybridized carbons (Fsp3) is 0.278. The topological polar surface area (TPSA) is 191 Å². The smallest absolute Gasteiger partial charge is 0.233 e. The molecule has 3 atom stereocenters. The second kappa shape index (κ2) is 8.07. The molecular formula is C18H20FN7O5S. The number of sulfonamides is 1. The van der Waals surface area contributed by atoms with E-state index in [2.05, 4.69) is 19.7 Å². The molecule has 0 spiro atoms. The summed E-state index contributed by atoms with van der Waals surface area (Å²) in [5.41, 5.74) is 10.3. The van der Waals surface area contributed by atoms with Crippen molar-refractivity contribution in [3.05, 3.63) is 47.6 Å². The number of nitrogen functional groups attached to an aromatic ring is 2. The van der Waals surface area contributed by atoms with E-state index in [0.717, 1.165) is 17.5 Å². The largest absolute Gasteiger partial charge is 0.398 e. The van der Waals surface area contributed by atoms with Crippen molar-refractivity contribution >= 4 is 38.8 Å². The molecule has 4 rings (SSSR count). The van der Waals surface area contributed by atoms with Gasteiger partial charge in [-0.3, -0.25) is 4.57 Å². The van der Waals surface area contributed by atoms with Crippen LogP contribution in [0.3, 0.4) is 0 Å². The quantitative estimate of drug-likeness (QED) is 0.286. The van der Waals surface area contributed by atoms with Crippen molar-refractivity contribution in [2.45, 2.75) is 17.9 Å². The van der Waals surface area contributed by atoms with Crippen LogP contribution in [0.2, 0.25) is 0 Å². The normalized spacial score (nSPS) is 24.0. The highest BCUT2D eigenvalue weighted by atomic mass is 32.2. The predicted octanol–water partition coefficient (Wildman–Crippen LogP) is -0.875. The Labute approximate surface area is 181 Å². The van der Waals surface area contributed by atoms with E-state index < -0.39 is 33.8 Å². The third-order valence-electron chi connectivity index (χ3n) is 5.08. The molecule has 3 aromatic rings. The van der Waals surface area contributed by atoms with Crippen molar-refractivity contribution < 1.29 is 27.8 Å². The summed E-state index contributed by atoms with van der Waals surface area (Å²) < 4.78 is 46.6. The van der Waals surface area contributed by atoms with Gasteiger partial charge in [-0.2, -0.15) is 0 Å². The molecule has 0 unspecified atom stereocenters. The predicted molar refractivity (Wildman–Crippen MR) is 112 cm³/mol. The van der Waals surface area contributed by atoms with Crippen molar-refractivity contribution in [1.29, 1.82) is 0 Å². The minimum Gasteiger partial charge on any atom is -0.398 e. The number of hydrogen-bond donors (Lipinski definition) is 5. The number of benzene rings is 1. The summed E-state index contributed by atoms with van der Waals surface area (Å²) in [6, 6.07) is 3.56. The van der Waals surface area contributed by atoms with Crippen LogP contribution in [0.1, 0.15) is 5.56 Å². The maximum atomic E-state index is 13.1. The zero-order chi connectivity index (χ0) is 23.1. The van der Waals surface area contributed by atoms with Gasteiger partial charge in [0.1, 0.15) is 29.9 Å². The number of rotatable bonds is 6. The summed E-state index contributed by atoms with van der Waals surface area (Å²) in [6.45, 7) is -0.684. The van der Waals surface area contributed by atoms with Gasteiger partial charge in [0.25, 0.3) is 0 Å². The van der Waals surface area contributed by atoms with Crippen LogP contribution < -0.4 is 16.2 Å². The Balaban J connectivity index is 1.46. The Hall–Kier alpha value is -3.17. The van der Waals surface area contributed by atoms with Gasteiger partial charge in [-0.15, -0.1) is 0 Å². The van der Waals surface area contributed by atoms with Crippen LogP contribution >= 0.6 is 0 Å². The maximum Gasteiger partial charge on any atom is 0.233 e. The zero-order valence-electron chi connectivity index (χ0n) is 16.5. The Kier molecular flexibility index (Phi) is 5.56. The first-order valence-electron chi connectivity index (χ1n) is 9.29. The lowest BCUT2D eigenvalue weighted by Crippen LogP contribution is -2.48. The molecule has 2 aromatic heterocycles. The molecule has 32 heavy (non-hydrogen) atoms. The molecule has 0 aliphatic carbocycles. The third kappa shape index (κ3) is 4.01. The van der Waals surface area contributed by atoms with Crippen LogP contribution in [0.25, 0.3) is 17.2 Å². The minimum absolute atomic E-state index is 0.0769. The highest BCUT2D eigenvalue weighted by Gasteiger charge is 2.50. The van der Waals surface area contributed by atoms with Crippen LogP contribution in [-0.2, 0) is 20.5 Å². The van der Waals surface area contributed by atoms with Crippen LogP contribution in [0, 0.1) is 5.82 Å². The first-order chi connectivity index (χ1) is 15.1. The van der Waals surface area contributed by atoms with Crippen molar-refractivity contribution in [3.63, 3.8) is 0 Å². The number of imidazole rings is 1. The van der Waals surface area contributed by atoms with Crippen molar-refractivity contribution in [3.8, 4) is 0 Å². The number of nitrogens with zero attached hydrogens (tertiary/aromatic N) is 4. The Morgan fingerprint density at radius 3 is 2.88 bits per heavy atom. The molecule has 0 bridgehead atoms. The van der Waals surface area contributed by atoms with Gasteiger partial charge >= 0.3 is 0 Å². The number of nitrogens with one attached hydrogen (secondary N) is 1. The summed E-state index contributed by atoms with van der Waals surface area (Å²) in [6.07, 6.45) is 1.05. The second-order valence-electron chi connectivity index (χ2n) is 7.19. The molecule has 1 saturated heterocycles. The molecule has 1 fully saturated rings. The van der Waals surface area contributed by atoms with Gasteiger partial charge in [0, 0.05) is 17.6 Å². The van der Waals surface area contributed by atoms with Gasteiger partial charge in [0.15, 0.2) is 17.2 Å². The van der Waals surface area contributed by atoms with Crippen LogP contribution in [-0.4, -0.2) is 63.5 Å². The molecule has 7 N–H and O–H groups in total. The van der Waals surface area contributed by atoms with E-state index >= 15 is 0 Å². The number of aromatic nitrogens is 4. The van der Waals surface area contributed by atoms with Crippen LogP contribution in [0.15, 0.2) is 36.3 Å². The summed E-state index contributed by atoms with van der Waals surface area (Å²) >= 11 is 0. The van der Waals surface area contributed by atoms with Gasteiger partial charge in [-0.25, -0.2) is 32.5 Å². The van der Waals surface area contributed by atoms with E-state index in [9.17, 15) is 23.0 Å². The van der Waals surface area contributed by atoms with E-state index in [1.54, 1.807) is 0 Å². The molecule has 1 aliphatic heterocycles. The molecule has 14 heteroatoms. The minimum atomic E-state index is -3.96.